The molecule has 0 radical (unpaired) electrons. The van der Waals surface area contributed by atoms with Gasteiger partial charge in [0, 0.05) is 23.9 Å². The summed E-state index contributed by atoms with van der Waals surface area (Å²) in [6.45, 7) is 6.72. The van der Waals surface area contributed by atoms with Gasteiger partial charge in [-0.2, -0.15) is 5.10 Å². The van der Waals surface area contributed by atoms with Crippen LogP contribution in [-0.2, 0) is 4.79 Å². The number of ether oxygens (including phenoxy) is 2. The minimum Gasteiger partial charge on any atom is -0.497 e. The molecule has 1 amide bonds. The molecule has 39 heavy (non-hydrogen) atoms. The molecule has 0 bridgehead atoms. The summed E-state index contributed by atoms with van der Waals surface area (Å²) in [4.78, 5) is 20.4. The third-order valence-electron chi connectivity index (χ3n) is 5.99. The number of amidine groups is 1. The van der Waals surface area contributed by atoms with E-state index in [0.29, 0.717) is 23.2 Å². The number of hydrogen-bond donors (Lipinski definition) is 0. The Bertz CT molecular complexity index is 1520. The lowest BCUT2D eigenvalue weighted by molar-refractivity contribution is -0.121. The number of amides is 1. The fraction of sp³-hybridized carbons (Fsp3) is 0.129. The van der Waals surface area contributed by atoms with Crippen LogP contribution in [0.15, 0.2) is 108 Å². The van der Waals surface area contributed by atoms with E-state index in [4.69, 9.17) is 19.6 Å². The Balaban J connectivity index is 1.54. The number of aliphatic imine (C=N–C) groups is 1. The number of nitrogens with zero attached hydrogens (tertiary/aromatic N) is 4. The van der Waals surface area contributed by atoms with Crippen molar-refractivity contribution in [2.75, 3.05) is 20.3 Å². The molecule has 1 aromatic heterocycles. The topological polar surface area (TPSA) is 69.0 Å². The number of methoxy groups -OCH3 is 1. The summed E-state index contributed by atoms with van der Waals surface area (Å²) in [5, 5.41) is 5.47. The fourth-order valence-corrected chi connectivity index (χ4v) is 5.09. The molecular formula is C31H28N4O3S. The third kappa shape index (κ3) is 5.81. The van der Waals surface area contributed by atoms with Gasteiger partial charge in [0.1, 0.15) is 11.5 Å². The smallest absolute Gasteiger partial charge is 0.267 e. The number of hydrogen-bond acceptors (Lipinski definition) is 6. The molecule has 0 saturated carbocycles. The van der Waals surface area contributed by atoms with Gasteiger partial charge in [-0.1, -0.05) is 24.3 Å². The van der Waals surface area contributed by atoms with Crippen LogP contribution in [0.2, 0.25) is 0 Å². The number of carbonyl (C=O) groups is 1. The number of aromatic nitrogens is 2. The number of benzene rings is 3. The lowest BCUT2D eigenvalue weighted by Gasteiger charge is -2.12. The molecule has 0 aliphatic carbocycles. The summed E-state index contributed by atoms with van der Waals surface area (Å²) < 4.78 is 12.7. The third-order valence-corrected chi connectivity index (χ3v) is 6.99. The Labute approximate surface area is 232 Å². The zero-order chi connectivity index (χ0) is 27.2. The summed E-state index contributed by atoms with van der Waals surface area (Å²) in [6.07, 6.45) is 5.52. The highest BCUT2D eigenvalue weighted by Gasteiger charge is 2.33. The van der Waals surface area contributed by atoms with Gasteiger partial charge in [-0.05, 0) is 85.4 Å². The van der Waals surface area contributed by atoms with E-state index in [1.807, 2.05) is 103 Å². The summed E-state index contributed by atoms with van der Waals surface area (Å²) in [7, 11) is 1.64. The van der Waals surface area contributed by atoms with E-state index in [1.54, 1.807) is 18.1 Å². The summed E-state index contributed by atoms with van der Waals surface area (Å²) >= 11 is 1.34. The Morgan fingerprint density at radius 1 is 1.00 bits per heavy atom. The maximum atomic E-state index is 13.5. The van der Waals surface area contributed by atoms with E-state index in [9.17, 15) is 4.79 Å². The molecule has 8 heteroatoms. The standard InChI is InChI=1S/C31H28N4O3S/c1-4-19-34-30(36)28(39-31(34)32-24-13-17-27(18-14-24)38-5-2)20-23-21-35(25-9-7-6-8-10-25)33-29(23)22-11-15-26(37-3)16-12-22/h4,6-18,20-21H,1,5,19H2,2-3H3/b28-20-,32-31?. The van der Waals surface area contributed by atoms with Crippen LogP contribution in [0.5, 0.6) is 11.5 Å². The van der Waals surface area contributed by atoms with Crippen molar-refractivity contribution in [3.63, 3.8) is 0 Å². The quantitative estimate of drug-likeness (QED) is 0.175. The molecule has 5 rings (SSSR count). The minimum absolute atomic E-state index is 0.127. The van der Waals surface area contributed by atoms with Gasteiger partial charge in [-0.3, -0.25) is 9.69 Å². The molecule has 7 nitrogen and oxygen atoms in total. The predicted octanol–water partition coefficient (Wildman–Crippen LogP) is 6.74. The summed E-state index contributed by atoms with van der Waals surface area (Å²) in [6, 6.07) is 25.1. The van der Waals surface area contributed by atoms with Crippen LogP contribution in [0, 0.1) is 0 Å². The van der Waals surface area contributed by atoms with Crippen LogP contribution in [-0.4, -0.2) is 46.0 Å². The molecule has 3 aromatic carbocycles. The highest BCUT2D eigenvalue weighted by Crippen LogP contribution is 2.36. The van der Waals surface area contributed by atoms with E-state index >= 15 is 0 Å². The van der Waals surface area contributed by atoms with E-state index in [-0.39, 0.29) is 5.91 Å². The van der Waals surface area contributed by atoms with E-state index in [2.05, 4.69) is 6.58 Å². The predicted molar refractivity (Wildman–Crippen MR) is 158 cm³/mol. The number of para-hydroxylation sites is 1. The number of carbonyl (C=O) groups excluding carboxylic acids is 1. The Morgan fingerprint density at radius 2 is 1.72 bits per heavy atom. The van der Waals surface area contributed by atoms with Crippen LogP contribution in [0.1, 0.15) is 12.5 Å². The van der Waals surface area contributed by atoms with Crippen LogP contribution >= 0.6 is 11.8 Å². The van der Waals surface area contributed by atoms with Gasteiger partial charge < -0.3 is 9.47 Å². The van der Waals surface area contributed by atoms with Crippen molar-refractivity contribution in [1.29, 1.82) is 0 Å². The van der Waals surface area contributed by atoms with Crippen LogP contribution < -0.4 is 9.47 Å². The highest BCUT2D eigenvalue weighted by molar-refractivity contribution is 8.18. The van der Waals surface area contributed by atoms with E-state index in [1.165, 1.54) is 11.8 Å². The van der Waals surface area contributed by atoms with Crippen LogP contribution in [0.25, 0.3) is 23.0 Å². The molecule has 1 fully saturated rings. The number of rotatable bonds is 9. The van der Waals surface area contributed by atoms with Crippen molar-refractivity contribution < 1.29 is 14.3 Å². The Morgan fingerprint density at radius 3 is 2.38 bits per heavy atom. The second-order valence-corrected chi connectivity index (χ2v) is 9.59. The molecule has 1 saturated heterocycles. The molecule has 196 valence electrons. The van der Waals surface area contributed by atoms with Gasteiger partial charge in [0.15, 0.2) is 5.17 Å². The van der Waals surface area contributed by atoms with Crippen LogP contribution in [0.4, 0.5) is 5.69 Å². The largest absolute Gasteiger partial charge is 0.497 e. The van der Waals surface area contributed by atoms with Crippen molar-refractivity contribution in [1.82, 2.24) is 14.7 Å². The Hall–Kier alpha value is -4.56. The van der Waals surface area contributed by atoms with Gasteiger partial charge in [0.2, 0.25) is 0 Å². The van der Waals surface area contributed by atoms with Gasteiger partial charge in [0.25, 0.3) is 5.91 Å². The van der Waals surface area contributed by atoms with Gasteiger partial charge in [-0.25, -0.2) is 9.67 Å². The summed E-state index contributed by atoms with van der Waals surface area (Å²) in [5.74, 6) is 1.41. The molecule has 0 N–H and O–H groups in total. The average Bonchev–Trinajstić information content (AvgIpc) is 3.52. The van der Waals surface area contributed by atoms with E-state index in [0.717, 1.165) is 39.7 Å². The second kappa shape index (κ2) is 11.9. The van der Waals surface area contributed by atoms with Crippen molar-refractivity contribution >= 4 is 34.6 Å². The minimum atomic E-state index is -0.127. The maximum absolute atomic E-state index is 13.5. The zero-order valence-corrected chi connectivity index (χ0v) is 22.6. The number of thioether (sulfide) groups is 1. The fourth-order valence-electron chi connectivity index (χ4n) is 4.10. The SMILES string of the molecule is C=CCN1C(=O)/C(=C/c2cn(-c3ccccc3)nc2-c2ccc(OC)cc2)SC1=Nc1ccc(OCC)cc1. The molecule has 0 spiro atoms. The average molecular weight is 537 g/mol. The Kier molecular flexibility index (Phi) is 7.94. The first kappa shape index (κ1) is 26.1. The molecule has 4 aromatic rings. The maximum Gasteiger partial charge on any atom is 0.267 e. The molecule has 1 aliphatic heterocycles. The molecular weight excluding hydrogens is 508 g/mol. The highest BCUT2D eigenvalue weighted by atomic mass is 32.2. The van der Waals surface area contributed by atoms with Crippen molar-refractivity contribution in [2.24, 2.45) is 4.99 Å². The summed E-state index contributed by atoms with van der Waals surface area (Å²) in [5.41, 5.74) is 4.16. The second-order valence-electron chi connectivity index (χ2n) is 8.58. The first-order chi connectivity index (χ1) is 19.1. The van der Waals surface area contributed by atoms with Crippen molar-refractivity contribution in [2.45, 2.75) is 6.92 Å². The normalized spacial score (nSPS) is 15.2. The lowest BCUT2D eigenvalue weighted by atomic mass is 10.1. The monoisotopic (exact) mass is 536 g/mol. The van der Waals surface area contributed by atoms with Gasteiger partial charge >= 0.3 is 0 Å². The molecule has 1 aliphatic rings. The molecule has 0 unspecified atom stereocenters. The zero-order valence-electron chi connectivity index (χ0n) is 21.8. The van der Waals surface area contributed by atoms with Crippen molar-refractivity contribution in [3.8, 4) is 28.4 Å². The lowest BCUT2D eigenvalue weighted by Crippen LogP contribution is -2.29. The molecule has 2 heterocycles. The van der Waals surface area contributed by atoms with Crippen molar-refractivity contribution in [3.05, 3.63) is 108 Å². The van der Waals surface area contributed by atoms with Gasteiger partial charge in [-0.15, -0.1) is 6.58 Å². The van der Waals surface area contributed by atoms with Crippen LogP contribution in [0.3, 0.4) is 0 Å². The van der Waals surface area contributed by atoms with Gasteiger partial charge in [0.05, 0.1) is 35.7 Å². The van der Waals surface area contributed by atoms with E-state index < -0.39 is 0 Å². The molecule has 0 atom stereocenters. The first-order valence-corrected chi connectivity index (χ1v) is 13.3. The first-order valence-electron chi connectivity index (χ1n) is 12.5.